The number of allylic oxidation sites excluding steroid dienone is 5. The van der Waals surface area contributed by atoms with Crippen molar-refractivity contribution < 1.29 is 21.9 Å². The topological polar surface area (TPSA) is 17.1 Å². The SMILES string of the molecule is O=C=C1C=CC=C1.[Mn]. The van der Waals surface area contributed by atoms with Gasteiger partial charge in [-0.3, -0.25) is 0 Å². The van der Waals surface area contributed by atoms with Crippen LogP contribution in [0.5, 0.6) is 0 Å². The van der Waals surface area contributed by atoms with E-state index in [0.717, 1.165) is 0 Å². The monoisotopic (exact) mass is 147 g/mol. The first-order chi connectivity index (χ1) is 3.43. The minimum absolute atomic E-state index is 0. The third-order valence-electron chi connectivity index (χ3n) is 0.781. The summed E-state index contributed by atoms with van der Waals surface area (Å²) in [5.41, 5.74) is 0.625. The average molecular weight is 147 g/mol. The molecule has 0 unspecified atom stereocenters. The minimum Gasteiger partial charge on any atom is -0.233 e. The normalized spacial score (nSPS) is 13.2. The van der Waals surface area contributed by atoms with E-state index in [1.54, 1.807) is 30.2 Å². The molecule has 0 heterocycles. The zero-order valence-corrected chi connectivity index (χ0v) is 5.28. The first-order valence-electron chi connectivity index (χ1n) is 2.03. The van der Waals surface area contributed by atoms with Crippen LogP contribution in [0.2, 0.25) is 0 Å². The van der Waals surface area contributed by atoms with Gasteiger partial charge in [-0.05, 0) is 12.2 Å². The molecular formula is C6H4MnO. The predicted octanol–water partition coefficient (Wildman–Crippen LogP) is 0.868. The molecule has 0 aromatic carbocycles. The zero-order chi connectivity index (χ0) is 5.11. The van der Waals surface area contributed by atoms with Crippen LogP contribution in [-0.2, 0) is 21.9 Å². The Labute approximate surface area is 58.2 Å². The second kappa shape index (κ2) is 3.45. The van der Waals surface area contributed by atoms with Crippen LogP contribution < -0.4 is 0 Å². The van der Waals surface area contributed by atoms with Gasteiger partial charge < -0.3 is 0 Å². The van der Waals surface area contributed by atoms with Crippen molar-refractivity contribution in [3.05, 3.63) is 29.9 Å². The van der Waals surface area contributed by atoms with Crippen LogP contribution >= 0.6 is 0 Å². The minimum atomic E-state index is 0. The summed E-state index contributed by atoms with van der Waals surface area (Å²) in [5.74, 6) is 1.76. The van der Waals surface area contributed by atoms with Crippen molar-refractivity contribution in [1.82, 2.24) is 0 Å². The molecule has 0 aromatic rings. The van der Waals surface area contributed by atoms with Crippen LogP contribution in [0.3, 0.4) is 0 Å². The Morgan fingerprint density at radius 3 is 2.00 bits per heavy atom. The van der Waals surface area contributed by atoms with Gasteiger partial charge in [0.1, 0.15) is 5.94 Å². The molecule has 0 aromatic heterocycles. The van der Waals surface area contributed by atoms with Gasteiger partial charge in [-0.2, -0.15) is 0 Å². The van der Waals surface area contributed by atoms with Crippen LogP contribution in [0.1, 0.15) is 0 Å². The summed E-state index contributed by atoms with van der Waals surface area (Å²) in [4.78, 5) is 9.74. The van der Waals surface area contributed by atoms with Crippen LogP contribution in [0.15, 0.2) is 29.9 Å². The van der Waals surface area contributed by atoms with Gasteiger partial charge in [0.2, 0.25) is 0 Å². The summed E-state index contributed by atoms with van der Waals surface area (Å²) in [6, 6.07) is 0. The summed E-state index contributed by atoms with van der Waals surface area (Å²) in [6.07, 6.45) is 7.04. The second-order valence-electron chi connectivity index (χ2n) is 1.28. The molecule has 1 nitrogen and oxygen atoms in total. The molecule has 0 saturated heterocycles. The van der Waals surface area contributed by atoms with E-state index in [1.807, 2.05) is 0 Å². The van der Waals surface area contributed by atoms with Crippen molar-refractivity contribution >= 4 is 5.94 Å². The van der Waals surface area contributed by atoms with E-state index in [-0.39, 0.29) is 17.1 Å². The van der Waals surface area contributed by atoms with Gasteiger partial charge in [-0.25, -0.2) is 4.79 Å². The van der Waals surface area contributed by atoms with E-state index in [0.29, 0.717) is 5.57 Å². The Morgan fingerprint density at radius 1 is 1.25 bits per heavy atom. The Balaban J connectivity index is 0.000000490. The molecule has 1 rings (SSSR count). The summed E-state index contributed by atoms with van der Waals surface area (Å²) in [5, 5.41) is 0. The van der Waals surface area contributed by atoms with Gasteiger partial charge in [0.05, 0.1) is 5.57 Å². The van der Waals surface area contributed by atoms with Crippen molar-refractivity contribution in [2.75, 3.05) is 0 Å². The molecule has 0 N–H and O–H groups in total. The average Bonchev–Trinajstić information content (AvgIpc) is 2.14. The van der Waals surface area contributed by atoms with Crippen molar-refractivity contribution in [3.63, 3.8) is 0 Å². The Morgan fingerprint density at radius 2 is 1.75 bits per heavy atom. The van der Waals surface area contributed by atoms with E-state index in [1.165, 1.54) is 0 Å². The standard InChI is InChI=1S/C6H4O.Mn/c7-5-6-3-1-2-4-6;/h1-4H;. The molecule has 1 aliphatic carbocycles. The number of hydrogen-bond acceptors (Lipinski definition) is 1. The zero-order valence-electron chi connectivity index (χ0n) is 4.10. The third-order valence-corrected chi connectivity index (χ3v) is 0.781. The fourth-order valence-electron chi connectivity index (χ4n) is 0.442. The molecule has 0 atom stereocenters. The van der Waals surface area contributed by atoms with Crippen molar-refractivity contribution in [2.45, 2.75) is 0 Å². The molecule has 1 radical (unpaired) electrons. The molecule has 0 spiro atoms. The van der Waals surface area contributed by atoms with Crippen LogP contribution in [-0.4, -0.2) is 5.94 Å². The Kier molecular flexibility index (Phi) is 3.21. The Hall–Kier alpha value is -0.551. The molecule has 2 heteroatoms. The number of carbonyl (C=O) groups excluding carboxylic acids is 1. The summed E-state index contributed by atoms with van der Waals surface area (Å²) >= 11 is 0. The van der Waals surface area contributed by atoms with Gasteiger partial charge in [-0.15, -0.1) is 0 Å². The first-order valence-corrected chi connectivity index (χ1v) is 2.03. The van der Waals surface area contributed by atoms with Gasteiger partial charge in [0, 0.05) is 17.1 Å². The van der Waals surface area contributed by atoms with Gasteiger partial charge in [0.25, 0.3) is 0 Å². The van der Waals surface area contributed by atoms with Crippen molar-refractivity contribution in [3.8, 4) is 0 Å². The van der Waals surface area contributed by atoms with E-state index < -0.39 is 0 Å². The van der Waals surface area contributed by atoms with E-state index in [9.17, 15) is 4.79 Å². The maximum absolute atomic E-state index is 9.74. The fourth-order valence-corrected chi connectivity index (χ4v) is 0.442. The van der Waals surface area contributed by atoms with Crippen molar-refractivity contribution in [2.24, 2.45) is 0 Å². The predicted molar refractivity (Wildman–Crippen MR) is 27.5 cm³/mol. The molecule has 1 aliphatic rings. The van der Waals surface area contributed by atoms with E-state index in [2.05, 4.69) is 0 Å². The quantitative estimate of drug-likeness (QED) is 0.367. The maximum atomic E-state index is 9.74. The molecule has 0 amide bonds. The molecule has 41 valence electrons. The maximum Gasteiger partial charge on any atom is 0.132 e. The van der Waals surface area contributed by atoms with Crippen LogP contribution in [0.25, 0.3) is 0 Å². The first kappa shape index (κ1) is 7.45. The summed E-state index contributed by atoms with van der Waals surface area (Å²) in [6.45, 7) is 0. The summed E-state index contributed by atoms with van der Waals surface area (Å²) in [7, 11) is 0. The van der Waals surface area contributed by atoms with Crippen LogP contribution in [0.4, 0.5) is 0 Å². The molecule has 0 aliphatic heterocycles. The largest absolute Gasteiger partial charge is 0.233 e. The van der Waals surface area contributed by atoms with Gasteiger partial charge in [0.15, 0.2) is 0 Å². The second-order valence-corrected chi connectivity index (χ2v) is 1.28. The molecule has 0 fully saturated rings. The van der Waals surface area contributed by atoms with E-state index in [4.69, 9.17) is 0 Å². The Bertz CT molecular complexity index is 159. The number of rotatable bonds is 0. The van der Waals surface area contributed by atoms with Gasteiger partial charge >= 0.3 is 0 Å². The molecule has 0 saturated carbocycles. The fraction of sp³-hybridized carbons (Fsp3) is 0. The third kappa shape index (κ3) is 1.51. The number of hydrogen-bond donors (Lipinski definition) is 0. The van der Waals surface area contributed by atoms with Gasteiger partial charge in [-0.1, -0.05) is 12.2 Å². The van der Waals surface area contributed by atoms with E-state index >= 15 is 0 Å². The molecular weight excluding hydrogens is 143 g/mol. The van der Waals surface area contributed by atoms with Crippen molar-refractivity contribution in [1.29, 1.82) is 0 Å². The smallest absolute Gasteiger partial charge is 0.132 e. The summed E-state index contributed by atoms with van der Waals surface area (Å²) < 4.78 is 0. The molecule has 8 heavy (non-hydrogen) atoms. The van der Waals surface area contributed by atoms with Crippen LogP contribution in [0, 0.1) is 0 Å². The molecule has 0 bridgehead atoms.